The number of carbonyl (C=O) groups excluding carboxylic acids is 2. The van der Waals surface area contributed by atoms with Crippen molar-refractivity contribution in [3.63, 3.8) is 0 Å². The van der Waals surface area contributed by atoms with Gasteiger partial charge < -0.3 is 18.9 Å². The Labute approximate surface area is 303 Å². The molecule has 6 nitrogen and oxygen atoms in total. The van der Waals surface area contributed by atoms with Crippen molar-refractivity contribution in [3.05, 3.63) is 107 Å². The molecule has 0 aliphatic carbocycles. The zero-order valence-electron chi connectivity index (χ0n) is 27.6. The summed E-state index contributed by atoms with van der Waals surface area (Å²) in [5.74, 6) is 0.554. The van der Waals surface area contributed by atoms with Crippen LogP contribution in [0.25, 0.3) is 22.3 Å². The van der Waals surface area contributed by atoms with E-state index >= 15 is 0 Å². The van der Waals surface area contributed by atoms with Crippen molar-refractivity contribution in [1.29, 1.82) is 0 Å². The highest BCUT2D eigenvalue weighted by Gasteiger charge is 2.33. The van der Waals surface area contributed by atoms with Crippen molar-refractivity contribution in [2.45, 2.75) is 63.4 Å². The molecule has 4 rings (SSSR count). The summed E-state index contributed by atoms with van der Waals surface area (Å²) in [5.41, 5.74) is 4.24. The van der Waals surface area contributed by atoms with Crippen LogP contribution in [0.2, 0.25) is 0 Å². The van der Waals surface area contributed by atoms with E-state index in [9.17, 15) is 9.59 Å². The molecule has 0 radical (unpaired) electrons. The molecular formula is C38H41Br3O6. The molecule has 0 unspecified atom stereocenters. The third kappa shape index (κ3) is 10.9. The van der Waals surface area contributed by atoms with Gasteiger partial charge in [-0.1, -0.05) is 115 Å². The van der Waals surface area contributed by atoms with Crippen LogP contribution >= 0.6 is 47.8 Å². The minimum atomic E-state index is -1.06. The second kappa shape index (κ2) is 17.9. The number of esters is 2. The molecule has 0 saturated heterocycles. The number of alkyl halides is 2. The van der Waals surface area contributed by atoms with Crippen molar-refractivity contribution in [2.75, 3.05) is 13.2 Å². The molecule has 0 aliphatic heterocycles. The molecule has 9 heteroatoms. The highest BCUT2D eigenvalue weighted by atomic mass is 79.9. The molecule has 0 fully saturated rings. The van der Waals surface area contributed by atoms with Gasteiger partial charge in [0.2, 0.25) is 0 Å². The van der Waals surface area contributed by atoms with Gasteiger partial charge in [0.1, 0.15) is 11.5 Å². The molecule has 47 heavy (non-hydrogen) atoms. The average molecular weight is 833 g/mol. The maximum Gasteiger partial charge on any atom is 0.349 e. The summed E-state index contributed by atoms with van der Waals surface area (Å²) in [5, 5.41) is 1.63. The van der Waals surface area contributed by atoms with E-state index in [-0.39, 0.29) is 11.9 Å². The van der Waals surface area contributed by atoms with E-state index in [4.69, 9.17) is 18.9 Å². The quantitative estimate of drug-likeness (QED) is 0.105. The van der Waals surface area contributed by atoms with Crippen LogP contribution in [0.5, 0.6) is 11.5 Å². The summed E-state index contributed by atoms with van der Waals surface area (Å²) < 4.78 is 23.1. The van der Waals surface area contributed by atoms with Gasteiger partial charge in [0.15, 0.2) is 11.2 Å². The summed E-state index contributed by atoms with van der Waals surface area (Å²) >= 11 is 10.4. The fourth-order valence-electron chi connectivity index (χ4n) is 4.40. The Kier molecular flexibility index (Phi) is 14.6. The van der Waals surface area contributed by atoms with E-state index in [0.717, 1.165) is 37.4 Å². The number of hydrogen-bond acceptors (Lipinski definition) is 6. The van der Waals surface area contributed by atoms with Gasteiger partial charge in [-0.25, -0.2) is 9.59 Å². The number of rotatable bonds is 12. The first kappa shape index (κ1) is 38.3. The highest BCUT2D eigenvalue weighted by Crippen LogP contribution is 2.36. The third-order valence-corrected chi connectivity index (χ3v) is 8.72. The maximum absolute atomic E-state index is 12.1. The van der Waals surface area contributed by atoms with Crippen LogP contribution in [0.1, 0.15) is 52.7 Å². The lowest BCUT2D eigenvalue weighted by atomic mass is 10.0. The molecule has 0 spiro atoms. The molecule has 0 saturated carbocycles. The van der Waals surface area contributed by atoms with Crippen molar-refractivity contribution in [3.8, 4) is 33.8 Å². The summed E-state index contributed by atoms with van der Waals surface area (Å²) in [6.07, 6.45) is 0. The Bertz CT molecular complexity index is 1620. The first-order valence-electron chi connectivity index (χ1n) is 15.3. The van der Waals surface area contributed by atoms with Gasteiger partial charge in [-0.3, -0.25) is 0 Å². The van der Waals surface area contributed by atoms with Crippen molar-refractivity contribution >= 4 is 59.7 Å². The van der Waals surface area contributed by atoms with Crippen molar-refractivity contribution in [2.24, 2.45) is 0 Å². The number of ether oxygens (including phenoxy) is 4. The SMILES string of the molecule is CCOC(=O)C(C)(C)Oc1ccc(Br)cc1-c1ccc(CBr)cc1.CCOC(=O)C(C)(C)Oc1ccccc1-c1ccc(CBr)cc1. The zero-order valence-corrected chi connectivity index (χ0v) is 32.3. The largest absolute Gasteiger partial charge is 0.476 e. The Morgan fingerprint density at radius 2 is 1.02 bits per heavy atom. The molecular weight excluding hydrogens is 792 g/mol. The van der Waals surface area contributed by atoms with Gasteiger partial charge in [0.25, 0.3) is 0 Å². The smallest absolute Gasteiger partial charge is 0.349 e. The minimum absolute atomic E-state index is 0.326. The first-order valence-corrected chi connectivity index (χ1v) is 18.3. The number of hydrogen-bond donors (Lipinski definition) is 0. The molecule has 4 aromatic rings. The van der Waals surface area contributed by atoms with E-state index < -0.39 is 11.2 Å². The van der Waals surface area contributed by atoms with Crippen molar-refractivity contribution < 1.29 is 28.5 Å². The van der Waals surface area contributed by atoms with Gasteiger partial charge in [-0.2, -0.15) is 0 Å². The van der Waals surface area contributed by atoms with Crippen LogP contribution in [0, 0.1) is 0 Å². The fourth-order valence-corrected chi connectivity index (χ4v) is 5.51. The summed E-state index contributed by atoms with van der Waals surface area (Å²) in [4.78, 5) is 24.2. The van der Waals surface area contributed by atoms with E-state index in [2.05, 4.69) is 84.2 Å². The second-order valence-electron chi connectivity index (χ2n) is 11.5. The molecule has 0 aromatic heterocycles. The summed E-state index contributed by atoms with van der Waals surface area (Å²) in [6.45, 7) is 11.1. The first-order chi connectivity index (χ1) is 22.3. The van der Waals surface area contributed by atoms with Crippen LogP contribution < -0.4 is 9.47 Å². The van der Waals surface area contributed by atoms with E-state index in [0.29, 0.717) is 24.7 Å². The average Bonchev–Trinajstić information content (AvgIpc) is 3.06. The van der Waals surface area contributed by atoms with E-state index in [1.54, 1.807) is 41.5 Å². The summed E-state index contributed by atoms with van der Waals surface area (Å²) in [7, 11) is 0. The molecule has 0 atom stereocenters. The Balaban J connectivity index is 0.000000256. The maximum atomic E-state index is 12.1. The molecule has 0 bridgehead atoms. The highest BCUT2D eigenvalue weighted by molar-refractivity contribution is 9.10. The second-order valence-corrected chi connectivity index (χ2v) is 13.5. The van der Waals surface area contributed by atoms with Crippen LogP contribution in [-0.2, 0) is 29.7 Å². The van der Waals surface area contributed by atoms with Gasteiger partial charge in [0, 0.05) is 26.3 Å². The van der Waals surface area contributed by atoms with Crippen LogP contribution in [0.4, 0.5) is 0 Å². The standard InChI is InChI=1S/C19H20Br2O3.C19H21BrO3/c1-4-23-18(22)19(2,3)24-17-10-9-15(21)11-16(17)14-7-5-13(12-20)6-8-14;1-4-22-18(21)19(2,3)23-17-8-6-5-7-16(17)15-11-9-14(13-20)10-12-15/h5-11H,4,12H2,1-3H3;5-12H,4,13H2,1-3H3. The van der Waals surface area contributed by atoms with Gasteiger partial charge in [-0.05, 0) is 88.1 Å². The lowest BCUT2D eigenvalue weighted by Crippen LogP contribution is -2.39. The third-order valence-electron chi connectivity index (χ3n) is 6.93. The number of carbonyl (C=O) groups is 2. The predicted molar refractivity (Wildman–Crippen MR) is 199 cm³/mol. The van der Waals surface area contributed by atoms with Gasteiger partial charge in [-0.15, -0.1) is 0 Å². The van der Waals surface area contributed by atoms with Gasteiger partial charge >= 0.3 is 11.9 Å². The number of halogens is 3. The van der Waals surface area contributed by atoms with Crippen LogP contribution in [0.15, 0.2) is 95.5 Å². The molecule has 250 valence electrons. The van der Waals surface area contributed by atoms with E-state index in [1.807, 2.05) is 54.6 Å². The zero-order chi connectivity index (χ0) is 34.6. The normalized spacial score (nSPS) is 11.2. The Hall–Kier alpha value is -3.14. The topological polar surface area (TPSA) is 71.1 Å². The fraction of sp³-hybridized carbons (Fsp3) is 0.316. The van der Waals surface area contributed by atoms with Crippen molar-refractivity contribution in [1.82, 2.24) is 0 Å². The molecule has 0 aliphatic rings. The van der Waals surface area contributed by atoms with E-state index in [1.165, 1.54) is 11.1 Å². The summed E-state index contributed by atoms with van der Waals surface area (Å²) in [6, 6.07) is 29.9. The van der Waals surface area contributed by atoms with Gasteiger partial charge in [0.05, 0.1) is 13.2 Å². The number of para-hydroxylation sites is 1. The number of benzene rings is 4. The lowest BCUT2D eigenvalue weighted by Gasteiger charge is -2.25. The minimum Gasteiger partial charge on any atom is -0.476 e. The van der Waals surface area contributed by atoms with Crippen LogP contribution in [0.3, 0.4) is 0 Å². The monoisotopic (exact) mass is 830 g/mol. The molecule has 4 aromatic carbocycles. The van der Waals surface area contributed by atoms with Crippen LogP contribution in [-0.4, -0.2) is 36.4 Å². The molecule has 0 N–H and O–H groups in total. The molecule has 0 heterocycles. The Morgan fingerprint density at radius 3 is 1.47 bits per heavy atom. The lowest BCUT2D eigenvalue weighted by molar-refractivity contribution is -0.159. The predicted octanol–water partition coefficient (Wildman–Crippen LogP) is 10.7. The Morgan fingerprint density at radius 1 is 0.596 bits per heavy atom. The molecule has 0 amide bonds.